The maximum atomic E-state index is 10.7. The van der Waals surface area contributed by atoms with E-state index in [0.29, 0.717) is 6.10 Å². The Morgan fingerprint density at radius 2 is 1.81 bits per heavy atom. The molecule has 2 fully saturated rings. The highest BCUT2D eigenvalue weighted by Crippen LogP contribution is 2.30. The average molecular weight is 441 g/mol. The number of phenols is 1. The average Bonchev–Trinajstić information content (AvgIpc) is 3.50. The van der Waals surface area contributed by atoms with E-state index >= 15 is 0 Å². The van der Waals surface area contributed by atoms with Crippen LogP contribution < -0.4 is 15.0 Å². The van der Waals surface area contributed by atoms with E-state index in [0.717, 1.165) is 50.0 Å². The highest BCUT2D eigenvalue weighted by Gasteiger charge is 2.23. The van der Waals surface area contributed by atoms with Crippen molar-refractivity contribution in [1.82, 2.24) is 5.32 Å². The van der Waals surface area contributed by atoms with Crippen LogP contribution in [0.25, 0.3) is 0 Å². The van der Waals surface area contributed by atoms with Crippen LogP contribution in [0.15, 0.2) is 48.5 Å². The van der Waals surface area contributed by atoms with Gasteiger partial charge in [0.15, 0.2) is 0 Å². The number of carbonyl (C=O) groups is 1. The van der Waals surface area contributed by atoms with Crippen LogP contribution in [0.5, 0.6) is 11.5 Å². The zero-order valence-electron chi connectivity index (χ0n) is 19.4. The summed E-state index contributed by atoms with van der Waals surface area (Å²) >= 11 is 0. The van der Waals surface area contributed by atoms with Crippen molar-refractivity contribution < 1.29 is 19.4 Å². The lowest BCUT2D eigenvalue weighted by Gasteiger charge is -2.19. The summed E-state index contributed by atoms with van der Waals surface area (Å²) in [6, 6.07) is 15.3. The first-order chi connectivity index (χ1) is 15.4. The third-order valence-electron chi connectivity index (χ3n) is 5.74. The zero-order valence-corrected chi connectivity index (χ0v) is 19.4. The topological polar surface area (TPSA) is 71.0 Å². The molecule has 1 heterocycles. The molecule has 6 nitrogen and oxygen atoms in total. The Morgan fingerprint density at radius 1 is 1.12 bits per heavy atom. The number of ether oxygens (including phenoxy) is 2. The van der Waals surface area contributed by atoms with Crippen molar-refractivity contribution in [3.63, 3.8) is 0 Å². The Kier molecular flexibility index (Phi) is 8.80. The molecule has 2 aromatic carbocycles. The van der Waals surface area contributed by atoms with E-state index in [1.807, 2.05) is 6.92 Å². The number of anilines is 1. The maximum absolute atomic E-state index is 10.7. The Labute approximate surface area is 191 Å². The van der Waals surface area contributed by atoms with E-state index in [9.17, 15) is 4.79 Å². The second-order valence-electron chi connectivity index (χ2n) is 8.57. The number of rotatable bonds is 8. The summed E-state index contributed by atoms with van der Waals surface area (Å²) in [7, 11) is 0. The summed E-state index contributed by atoms with van der Waals surface area (Å²) in [6.45, 7) is 9.24. The van der Waals surface area contributed by atoms with Gasteiger partial charge < -0.3 is 24.8 Å². The number of aromatic hydroxyl groups is 1. The second-order valence-corrected chi connectivity index (χ2v) is 8.57. The van der Waals surface area contributed by atoms with E-state index in [1.54, 1.807) is 24.3 Å². The summed E-state index contributed by atoms with van der Waals surface area (Å²) in [5.41, 5.74) is 2.26. The van der Waals surface area contributed by atoms with Crippen molar-refractivity contribution in [3.05, 3.63) is 54.1 Å². The minimum Gasteiger partial charge on any atom is -0.508 e. The van der Waals surface area contributed by atoms with Gasteiger partial charge in [-0.2, -0.15) is 0 Å². The predicted octanol–water partition coefficient (Wildman–Crippen LogP) is 4.68. The van der Waals surface area contributed by atoms with E-state index in [-0.39, 0.29) is 17.7 Å². The molecule has 0 radical (unpaired) electrons. The summed E-state index contributed by atoms with van der Waals surface area (Å²) in [6.07, 6.45) is 4.21. The number of nitrogens with one attached hydrogen (secondary N) is 1. The van der Waals surface area contributed by atoms with Gasteiger partial charge in [0, 0.05) is 32.3 Å². The van der Waals surface area contributed by atoms with Gasteiger partial charge in [-0.1, -0.05) is 12.1 Å². The van der Waals surface area contributed by atoms with Crippen molar-refractivity contribution >= 4 is 11.6 Å². The molecule has 2 unspecified atom stereocenters. The molecule has 2 N–H and O–H groups in total. The fourth-order valence-corrected chi connectivity index (χ4v) is 3.74. The summed E-state index contributed by atoms with van der Waals surface area (Å²) < 4.78 is 11.4. The van der Waals surface area contributed by atoms with Crippen LogP contribution in [0.3, 0.4) is 0 Å². The molecule has 1 saturated heterocycles. The van der Waals surface area contributed by atoms with Crippen LogP contribution in [-0.4, -0.2) is 43.4 Å². The molecule has 1 amide bonds. The molecule has 1 aliphatic heterocycles. The van der Waals surface area contributed by atoms with E-state index in [1.165, 1.54) is 25.5 Å². The fraction of sp³-hybridized carbons (Fsp3) is 0.500. The molecule has 0 spiro atoms. The van der Waals surface area contributed by atoms with E-state index in [2.05, 4.69) is 41.4 Å². The second kappa shape index (κ2) is 11.8. The lowest BCUT2D eigenvalue weighted by molar-refractivity contribution is -0.119. The molecule has 0 aromatic heterocycles. The van der Waals surface area contributed by atoms with Crippen LogP contribution in [0.4, 0.5) is 5.69 Å². The molecule has 4 rings (SSSR count). The molecule has 174 valence electrons. The summed E-state index contributed by atoms with van der Waals surface area (Å²) in [5.74, 6) is 1.99. The standard InChI is InChI=1S/C16H23NO2.C10H13NO2/c1-2-18-16-9-10-17(11-16)14-5-7-15(8-6-14)19-12-13-3-4-13;1-7(11-8(2)12)9-3-5-10(13)6-4-9/h5-8,13,16H,2-4,9-12H2,1H3;3-7,13H,1-2H3,(H,11,12). The summed E-state index contributed by atoms with van der Waals surface area (Å²) in [5, 5.41) is 11.8. The number of amides is 1. The van der Waals surface area contributed by atoms with Gasteiger partial charge in [-0.3, -0.25) is 4.79 Å². The van der Waals surface area contributed by atoms with E-state index in [4.69, 9.17) is 14.6 Å². The maximum Gasteiger partial charge on any atom is 0.217 e. The minimum absolute atomic E-state index is 0.0156. The zero-order chi connectivity index (χ0) is 22.9. The Hall–Kier alpha value is -2.73. The van der Waals surface area contributed by atoms with Crippen molar-refractivity contribution in [2.45, 2.75) is 52.2 Å². The first-order valence-corrected chi connectivity index (χ1v) is 11.6. The van der Waals surface area contributed by atoms with Crippen molar-refractivity contribution in [3.8, 4) is 11.5 Å². The van der Waals surface area contributed by atoms with Gasteiger partial charge in [0.25, 0.3) is 0 Å². The van der Waals surface area contributed by atoms with Gasteiger partial charge in [0.05, 0.1) is 18.8 Å². The van der Waals surface area contributed by atoms with Crippen LogP contribution in [0, 0.1) is 5.92 Å². The van der Waals surface area contributed by atoms with Crippen LogP contribution in [0.1, 0.15) is 51.6 Å². The molecule has 32 heavy (non-hydrogen) atoms. The van der Waals surface area contributed by atoms with Crippen LogP contribution in [-0.2, 0) is 9.53 Å². The molecule has 6 heteroatoms. The molecule has 1 aliphatic carbocycles. The monoisotopic (exact) mass is 440 g/mol. The van der Waals surface area contributed by atoms with Gasteiger partial charge in [-0.05, 0) is 81.0 Å². The number of benzene rings is 2. The first-order valence-electron chi connectivity index (χ1n) is 11.6. The third-order valence-corrected chi connectivity index (χ3v) is 5.74. The highest BCUT2D eigenvalue weighted by molar-refractivity contribution is 5.73. The Balaban J connectivity index is 0.000000195. The number of hydrogen-bond donors (Lipinski definition) is 2. The number of carbonyl (C=O) groups excluding carboxylic acids is 1. The molecular formula is C26H36N2O4. The van der Waals surface area contributed by atoms with E-state index < -0.39 is 0 Å². The van der Waals surface area contributed by atoms with Gasteiger partial charge in [-0.15, -0.1) is 0 Å². The van der Waals surface area contributed by atoms with Gasteiger partial charge in [-0.25, -0.2) is 0 Å². The minimum atomic E-state index is -0.0550. The summed E-state index contributed by atoms with van der Waals surface area (Å²) in [4.78, 5) is 13.1. The van der Waals surface area contributed by atoms with Crippen LogP contribution in [0.2, 0.25) is 0 Å². The quantitative estimate of drug-likeness (QED) is 0.624. The molecular weight excluding hydrogens is 404 g/mol. The van der Waals surface area contributed by atoms with Crippen molar-refractivity contribution in [2.24, 2.45) is 5.92 Å². The lowest BCUT2D eigenvalue weighted by Crippen LogP contribution is -2.23. The van der Waals surface area contributed by atoms with Gasteiger partial charge in [0.1, 0.15) is 11.5 Å². The Morgan fingerprint density at radius 3 is 2.41 bits per heavy atom. The highest BCUT2D eigenvalue weighted by atomic mass is 16.5. The molecule has 1 saturated carbocycles. The van der Waals surface area contributed by atoms with Crippen molar-refractivity contribution in [2.75, 3.05) is 31.2 Å². The molecule has 0 bridgehead atoms. The fourth-order valence-electron chi connectivity index (χ4n) is 3.74. The molecule has 2 aromatic rings. The largest absolute Gasteiger partial charge is 0.508 e. The number of hydrogen-bond acceptors (Lipinski definition) is 5. The Bertz CT molecular complexity index is 834. The van der Waals surface area contributed by atoms with Crippen molar-refractivity contribution in [1.29, 1.82) is 0 Å². The molecule has 2 atom stereocenters. The normalized spacial score (nSPS) is 18.5. The number of nitrogens with zero attached hydrogens (tertiary/aromatic N) is 1. The molecule has 2 aliphatic rings. The predicted molar refractivity (Wildman–Crippen MR) is 127 cm³/mol. The third kappa shape index (κ3) is 7.75. The smallest absolute Gasteiger partial charge is 0.217 e. The first kappa shape index (κ1) is 23.9. The lowest BCUT2D eigenvalue weighted by atomic mass is 10.1. The SMILES string of the molecule is CC(=O)NC(C)c1ccc(O)cc1.CCOC1CCN(c2ccc(OCC3CC3)cc2)C1. The van der Waals surface area contributed by atoms with Gasteiger partial charge in [0.2, 0.25) is 5.91 Å². The van der Waals surface area contributed by atoms with Gasteiger partial charge >= 0.3 is 0 Å². The number of phenolic OH excluding ortho intramolecular Hbond substituents is 1. The van der Waals surface area contributed by atoms with Crippen LogP contribution >= 0.6 is 0 Å².